The van der Waals surface area contributed by atoms with Crippen LogP contribution in [0, 0.1) is 10.1 Å². The van der Waals surface area contributed by atoms with Gasteiger partial charge < -0.3 is 10.8 Å². The van der Waals surface area contributed by atoms with Gasteiger partial charge in [0.25, 0.3) is 11.6 Å². The van der Waals surface area contributed by atoms with Gasteiger partial charge in [0.1, 0.15) is 11.8 Å². The molecule has 0 bridgehead atoms. The first kappa shape index (κ1) is 26.4. The quantitative estimate of drug-likeness (QED) is 0.160. The number of non-ortho nitro benzene ring substituents is 1. The number of amides is 2. The van der Waals surface area contributed by atoms with Crippen LogP contribution in [0.15, 0.2) is 60.7 Å². The maximum atomic E-state index is 13.6. The lowest BCUT2D eigenvalue weighted by Gasteiger charge is -2.30. The van der Waals surface area contributed by atoms with Gasteiger partial charge in [-0.1, -0.05) is 43.3 Å². The van der Waals surface area contributed by atoms with Gasteiger partial charge in [0.05, 0.1) is 10.5 Å². The molecule has 0 saturated heterocycles. The number of imide groups is 1. The summed E-state index contributed by atoms with van der Waals surface area (Å²) in [4.78, 5) is 51.3. The second-order valence-electron chi connectivity index (χ2n) is 7.98. The van der Waals surface area contributed by atoms with Gasteiger partial charge in [0.15, 0.2) is 5.78 Å². The summed E-state index contributed by atoms with van der Waals surface area (Å²) in [6.45, 7) is 5.55. The number of ketones is 1. The summed E-state index contributed by atoms with van der Waals surface area (Å²) in [6.07, 6.45) is 1.86. The van der Waals surface area contributed by atoms with Crippen molar-refractivity contribution in [2.24, 2.45) is 5.73 Å². The first-order chi connectivity index (χ1) is 16.2. The Balaban J connectivity index is 2.55. The molecule has 0 aliphatic heterocycles. The van der Waals surface area contributed by atoms with E-state index in [-0.39, 0.29) is 24.0 Å². The van der Waals surface area contributed by atoms with Crippen LogP contribution in [0.1, 0.15) is 48.5 Å². The summed E-state index contributed by atoms with van der Waals surface area (Å²) in [6, 6.07) is 10.5. The molecule has 1 atom stereocenters. The van der Waals surface area contributed by atoms with Crippen molar-refractivity contribution in [1.82, 2.24) is 4.90 Å². The summed E-state index contributed by atoms with van der Waals surface area (Å²) < 4.78 is 0. The van der Waals surface area contributed by atoms with Crippen LogP contribution in [0.4, 0.5) is 5.69 Å². The number of nitro benzene ring substituents is 1. The lowest BCUT2D eigenvalue weighted by Crippen LogP contribution is -2.50. The van der Waals surface area contributed by atoms with Crippen molar-refractivity contribution in [2.45, 2.75) is 45.1 Å². The normalized spacial score (nSPS) is 11.5. The Morgan fingerprint density at radius 1 is 1.12 bits per heavy atom. The SMILES string of the molecule is C=C(C)C(=O)N(C(=O)CCCCCN)[C@H](Cc1ccccc1)C(=O)c1cc([N+](=O)[O-])ccc1O. The summed E-state index contributed by atoms with van der Waals surface area (Å²) in [5, 5.41) is 21.5. The molecule has 2 rings (SSSR count). The molecule has 0 aliphatic carbocycles. The molecule has 9 nitrogen and oxygen atoms in total. The number of nitrogens with zero attached hydrogens (tertiary/aromatic N) is 2. The van der Waals surface area contributed by atoms with E-state index in [9.17, 15) is 29.6 Å². The number of aromatic hydroxyl groups is 1. The molecule has 180 valence electrons. The summed E-state index contributed by atoms with van der Waals surface area (Å²) in [5.74, 6) is -2.55. The molecule has 0 radical (unpaired) electrons. The predicted molar refractivity (Wildman–Crippen MR) is 127 cm³/mol. The maximum absolute atomic E-state index is 13.6. The van der Waals surface area contributed by atoms with Gasteiger partial charge in [0, 0.05) is 30.5 Å². The van der Waals surface area contributed by atoms with Gasteiger partial charge in [0.2, 0.25) is 5.91 Å². The minimum atomic E-state index is -1.33. The fourth-order valence-corrected chi connectivity index (χ4v) is 3.51. The Morgan fingerprint density at radius 2 is 1.79 bits per heavy atom. The van der Waals surface area contributed by atoms with Crippen LogP contribution in [0.3, 0.4) is 0 Å². The average molecular weight is 468 g/mol. The van der Waals surface area contributed by atoms with Crippen molar-refractivity contribution < 1.29 is 24.4 Å². The number of Topliss-reactive ketones (excluding diaryl/α,β-unsaturated/α-hetero) is 1. The van der Waals surface area contributed by atoms with Crippen molar-refractivity contribution >= 4 is 23.3 Å². The summed E-state index contributed by atoms with van der Waals surface area (Å²) in [7, 11) is 0. The Bertz CT molecular complexity index is 1070. The van der Waals surface area contributed by atoms with E-state index in [0.717, 1.165) is 29.5 Å². The highest BCUT2D eigenvalue weighted by Crippen LogP contribution is 2.27. The average Bonchev–Trinajstić information content (AvgIpc) is 2.81. The molecule has 2 aromatic rings. The first-order valence-corrected chi connectivity index (χ1v) is 10.9. The number of carbonyl (C=O) groups is 3. The number of hydrogen-bond acceptors (Lipinski definition) is 7. The molecule has 34 heavy (non-hydrogen) atoms. The zero-order valence-corrected chi connectivity index (χ0v) is 19.1. The molecule has 0 heterocycles. The topological polar surface area (TPSA) is 144 Å². The number of hydrogen-bond donors (Lipinski definition) is 2. The predicted octanol–water partition coefficient (Wildman–Crippen LogP) is 3.54. The minimum Gasteiger partial charge on any atom is -0.507 e. The third kappa shape index (κ3) is 6.82. The second kappa shape index (κ2) is 12.4. The van der Waals surface area contributed by atoms with E-state index >= 15 is 0 Å². The number of phenolic OH excluding ortho intramolecular Hbond substituents is 1. The van der Waals surface area contributed by atoms with Gasteiger partial charge in [-0.25, -0.2) is 0 Å². The van der Waals surface area contributed by atoms with Gasteiger partial charge in [-0.15, -0.1) is 0 Å². The van der Waals surface area contributed by atoms with Crippen molar-refractivity contribution in [3.05, 3.63) is 81.9 Å². The number of phenols is 1. The van der Waals surface area contributed by atoms with Gasteiger partial charge in [-0.05, 0) is 37.9 Å². The zero-order chi connectivity index (χ0) is 25.3. The number of benzene rings is 2. The molecule has 0 unspecified atom stereocenters. The van der Waals surface area contributed by atoms with Crippen LogP contribution < -0.4 is 5.73 Å². The van der Waals surface area contributed by atoms with Crippen LogP contribution in [0.5, 0.6) is 5.75 Å². The molecule has 0 aromatic heterocycles. The molecular formula is C25H29N3O6. The zero-order valence-electron chi connectivity index (χ0n) is 19.1. The van der Waals surface area contributed by atoms with Crippen LogP contribution in [-0.4, -0.2) is 45.1 Å². The molecular weight excluding hydrogens is 438 g/mol. The molecule has 0 fully saturated rings. The highest BCUT2D eigenvalue weighted by Gasteiger charge is 2.36. The molecule has 0 aliphatic rings. The monoisotopic (exact) mass is 467 g/mol. The number of nitrogens with two attached hydrogens (primary N) is 1. The molecule has 0 saturated carbocycles. The van der Waals surface area contributed by atoms with E-state index in [0.29, 0.717) is 24.9 Å². The van der Waals surface area contributed by atoms with Gasteiger partial charge >= 0.3 is 0 Å². The minimum absolute atomic E-state index is 0.0124. The van der Waals surface area contributed by atoms with Crippen LogP contribution >= 0.6 is 0 Å². The third-order valence-corrected chi connectivity index (χ3v) is 5.29. The van der Waals surface area contributed by atoms with Crippen LogP contribution in [0.25, 0.3) is 0 Å². The summed E-state index contributed by atoms with van der Waals surface area (Å²) >= 11 is 0. The molecule has 0 spiro atoms. The van der Waals surface area contributed by atoms with E-state index in [1.807, 2.05) is 0 Å². The Morgan fingerprint density at radius 3 is 2.38 bits per heavy atom. The lowest BCUT2D eigenvalue weighted by atomic mass is 9.94. The molecule has 2 amide bonds. The fourth-order valence-electron chi connectivity index (χ4n) is 3.51. The van der Waals surface area contributed by atoms with Gasteiger partial charge in [-0.3, -0.25) is 29.4 Å². The third-order valence-electron chi connectivity index (χ3n) is 5.29. The Hall–Kier alpha value is -3.85. The Labute approximate surface area is 198 Å². The fraction of sp³-hybridized carbons (Fsp3) is 0.320. The summed E-state index contributed by atoms with van der Waals surface area (Å²) in [5.41, 5.74) is 5.49. The first-order valence-electron chi connectivity index (χ1n) is 10.9. The standard InChI is InChI=1S/C25H29N3O6/c1-17(2)25(32)27(23(30)11-7-4-8-14-26)21(15-18-9-5-3-6-10-18)24(31)20-16-19(28(33)34)12-13-22(20)29/h3,5-6,9-10,12-13,16,21,29H,1,4,7-8,11,14-15,26H2,2H3/t21-/m1/s1. The van der Waals surface area contributed by atoms with E-state index in [1.54, 1.807) is 30.3 Å². The van der Waals surface area contributed by atoms with E-state index in [4.69, 9.17) is 5.73 Å². The Kier molecular flexibility index (Phi) is 9.63. The number of nitro groups is 1. The number of carbonyl (C=O) groups excluding carboxylic acids is 3. The number of unbranched alkanes of at least 4 members (excludes halogenated alkanes) is 2. The smallest absolute Gasteiger partial charge is 0.270 e. The van der Waals surface area contributed by atoms with Crippen LogP contribution in [0.2, 0.25) is 0 Å². The second-order valence-corrected chi connectivity index (χ2v) is 7.98. The molecule has 2 aromatic carbocycles. The van der Waals surface area contributed by atoms with E-state index in [1.165, 1.54) is 6.92 Å². The van der Waals surface area contributed by atoms with Crippen molar-refractivity contribution in [1.29, 1.82) is 0 Å². The van der Waals surface area contributed by atoms with Crippen molar-refractivity contribution in [3.8, 4) is 5.75 Å². The highest BCUT2D eigenvalue weighted by atomic mass is 16.6. The molecule has 9 heteroatoms. The van der Waals surface area contributed by atoms with Gasteiger partial charge in [-0.2, -0.15) is 0 Å². The number of rotatable bonds is 12. The largest absolute Gasteiger partial charge is 0.507 e. The van der Waals surface area contributed by atoms with E-state index < -0.39 is 40.0 Å². The maximum Gasteiger partial charge on any atom is 0.270 e. The molecule has 3 N–H and O–H groups in total. The lowest BCUT2D eigenvalue weighted by molar-refractivity contribution is -0.384. The van der Waals surface area contributed by atoms with Crippen molar-refractivity contribution in [3.63, 3.8) is 0 Å². The van der Waals surface area contributed by atoms with Crippen LogP contribution in [-0.2, 0) is 16.0 Å². The highest BCUT2D eigenvalue weighted by molar-refractivity contribution is 6.11. The van der Waals surface area contributed by atoms with Crippen molar-refractivity contribution in [2.75, 3.05) is 6.54 Å². The van der Waals surface area contributed by atoms with E-state index in [2.05, 4.69) is 6.58 Å².